The standard InChI is InChI=1S/C14H19BrN2O2/c1-2-5-16-14(18)9-17-6-7-19-10-11-8-12(15)3-4-13(11)17/h3-4,8H,2,5-7,9-10H2,1H3,(H,16,18). The maximum absolute atomic E-state index is 11.9. The third-order valence-corrected chi connectivity index (χ3v) is 3.55. The molecule has 5 heteroatoms. The predicted octanol–water partition coefficient (Wildman–Crippen LogP) is 2.31. The minimum Gasteiger partial charge on any atom is -0.375 e. The van der Waals surface area contributed by atoms with Crippen LogP contribution in [0.4, 0.5) is 5.69 Å². The van der Waals surface area contributed by atoms with Crippen LogP contribution in [0.3, 0.4) is 0 Å². The average Bonchev–Trinajstić information content (AvgIpc) is 2.58. The number of nitrogens with one attached hydrogen (secondary N) is 1. The summed E-state index contributed by atoms with van der Waals surface area (Å²) in [4.78, 5) is 13.9. The Hall–Kier alpha value is -1.07. The Morgan fingerprint density at radius 1 is 1.53 bits per heavy atom. The number of nitrogens with zero attached hydrogens (tertiary/aromatic N) is 1. The Kier molecular flexibility index (Phi) is 5.22. The summed E-state index contributed by atoms with van der Waals surface area (Å²) in [5, 5.41) is 2.91. The first-order chi connectivity index (χ1) is 9.20. The summed E-state index contributed by atoms with van der Waals surface area (Å²) in [5.74, 6) is 0.0672. The van der Waals surface area contributed by atoms with E-state index in [1.807, 2.05) is 19.1 Å². The maximum atomic E-state index is 11.9. The van der Waals surface area contributed by atoms with E-state index in [1.54, 1.807) is 0 Å². The van der Waals surface area contributed by atoms with Gasteiger partial charge in [0.2, 0.25) is 5.91 Å². The average molecular weight is 327 g/mol. The van der Waals surface area contributed by atoms with Crippen molar-refractivity contribution in [3.05, 3.63) is 28.2 Å². The van der Waals surface area contributed by atoms with Crippen molar-refractivity contribution in [1.82, 2.24) is 5.32 Å². The van der Waals surface area contributed by atoms with Crippen LogP contribution in [0.5, 0.6) is 0 Å². The summed E-state index contributed by atoms with van der Waals surface area (Å²) < 4.78 is 6.61. The molecule has 0 unspecified atom stereocenters. The Labute approximate surface area is 122 Å². The van der Waals surface area contributed by atoms with Crippen LogP contribution < -0.4 is 10.2 Å². The van der Waals surface area contributed by atoms with Crippen LogP contribution in [0.15, 0.2) is 22.7 Å². The zero-order chi connectivity index (χ0) is 13.7. The molecule has 0 saturated carbocycles. The van der Waals surface area contributed by atoms with Crippen LogP contribution in [0.1, 0.15) is 18.9 Å². The van der Waals surface area contributed by atoms with Gasteiger partial charge in [-0.1, -0.05) is 22.9 Å². The van der Waals surface area contributed by atoms with E-state index in [9.17, 15) is 4.79 Å². The van der Waals surface area contributed by atoms with Crippen LogP contribution >= 0.6 is 15.9 Å². The molecule has 2 rings (SSSR count). The van der Waals surface area contributed by atoms with Gasteiger partial charge in [0.1, 0.15) is 0 Å². The van der Waals surface area contributed by atoms with Gasteiger partial charge in [0.05, 0.1) is 19.8 Å². The number of rotatable bonds is 4. The van der Waals surface area contributed by atoms with Crippen LogP contribution in [-0.4, -0.2) is 32.1 Å². The molecule has 0 spiro atoms. The lowest BCUT2D eigenvalue weighted by molar-refractivity contribution is -0.119. The van der Waals surface area contributed by atoms with E-state index in [-0.39, 0.29) is 5.91 Å². The van der Waals surface area contributed by atoms with Crippen LogP contribution in [0.25, 0.3) is 0 Å². The van der Waals surface area contributed by atoms with Gasteiger partial charge in [-0.25, -0.2) is 0 Å². The number of fused-ring (bicyclic) bond motifs is 1. The number of carbonyl (C=O) groups excluding carboxylic acids is 1. The molecule has 1 aliphatic heterocycles. The van der Waals surface area contributed by atoms with Gasteiger partial charge >= 0.3 is 0 Å². The number of hydrogen-bond donors (Lipinski definition) is 1. The second-order valence-electron chi connectivity index (χ2n) is 4.60. The smallest absolute Gasteiger partial charge is 0.239 e. The maximum Gasteiger partial charge on any atom is 0.239 e. The number of benzene rings is 1. The predicted molar refractivity (Wildman–Crippen MR) is 79.3 cm³/mol. The number of anilines is 1. The molecule has 19 heavy (non-hydrogen) atoms. The summed E-state index contributed by atoms with van der Waals surface area (Å²) in [7, 11) is 0. The van der Waals surface area contributed by atoms with E-state index < -0.39 is 0 Å². The molecule has 1 aliphatic rings. The van der Waals surface area contributed by atoms with Crippen LogP contribution in [-0.2, 0) is 16.1 Å². The van der Waals surface area contributed by atoms with Gasteiger partial charge in [0, 0.05) is 28.8 Å². The van der Waals surface area contributed by atoms with Gasteiger partial charge in [0.25, 0.3) is 0 Å². The Balaban J connectivity index is 2.11. The monoisotopic (exact) mass is 326 g/mol. The van der Waals surface area contributed by atoms with Gasteiger partial charge in [0.15, 0.2) is 0 Å². The van der Waals surface area contributed by atoms with Crippen molar-refractivity contribution < 1.29 is 9.53 Å². The fourth-order valence-corrected chi connectivity index (χ4v) is 2.52. The van der Waals surface area contributed by atoms with Crippen molar-refractivity contribution in [2.75, 3.05) is 31.1 Å². The Morgan fingerprint density at radius 3 is 3.16 bits per heavy atom. The molecule has 4 nitrogen and oxygen atoms in total. The Bertz CT molecular complexity index is 451. The van der Waals surface area contributed by atoms with Gasteiger partial charge < -0.3 is 15.0 Å². The molecule has 0 aromatic heterocycles. The fourth-order valence-electron chi connectivity index (χ4n) is 2.11. The van der Waals surface area contributed by atoms with E-state index in [2.05, 4.69) is 32.2 Å². The molecule has 0 aliphatic carbocycles. The molecule has 0 radical (unpaired) electrons. The number of carbonyl (C=O) groups is 1. The van der Waals surface area contributed by atoms with Gasteiger partial charge in [-0.2, -0.15) is 0 Å². The summed E-state index contributed by atoms with van der Waals surface area (Å²) in [6.45, 7) is 5.16. The molecule has 0 fully saturated rings. The first kappa shape index (κ1) is 14.3. The molecule has 104 valence electrons. The quantitative estimate of drug-likeness (QED) is 0.923. The van der Waals surface area contributed by atoms with Crippen LogP contribution in [0, 0.1) is 0 Å². The van der Waals surface area contributed by atoms with Crippen molar-refractivity contribution in [3.63, 3.8) is 0 Å². The van der Waals surface area contributed by atoms with Crippen molar-refractivity contribution in [3.8, 4) is 0 Å². The molecule has 1 aromatic carbocycles. The minimum absolute atomic E-state index is 0.0672. The van der Waals surface area contributed by atoms with Crippen LogP contribution in [0.2, 0.25) is 0 Å². The Morgan fingerprint density at radius 2 is 2.37 bits per heavy atom. The van der Waals surface area contributed by atoms with E-state index in [4.69, 9.17) is 4.74 Å². The van der Waals surface area contributed by atoms with Crippen molar-refractivity contribution in [1.29, 1.82) is 0 Å². The minimum atomic E-state index is 0.0672. The normalized spacial score (nSPS) is 14.7. The molecule has 0 atom stereocenters. The fraction of sp³-hybridized carbons (Fsp3) is 0.500. The topological polar surface area (TPSA) is 41.6 Å². The number of amides is 1. The number of hydrogen-bond acceptors (Lipinski definition) is 3. The number of ether oxygens (including phenoxy) is 1. The first-order valence-electron chi connectivity index (χ1n) is 6.58. The highest BCUT2D eigenvalue weighted by Crippen LogP contribution is 2.27. The molecule has 1 heterocycles. The van der Waals surface area contributed by atoms with Crippen molar-refractivity contribution in [2.45, 2.75) is 20.0 Å². The zero-order valence-corrected chi connectivity index (χ0v) is 12.7. The highest BCUT2D eigenvalue weighted by Gasteiger charge is 2.18. The van der Waals surface area contributed by atoms with E-state index in [1.165, 1.54) is 0 Å². The molecule has 0 bridgehead atoms. The molecule has 1 N–H and O–H groups in total. The van der Waals surface area contributed by atoms with E-state index in [0.717, 1.165) is 35.2 Å². The lowest BCUT2D eigenvalue weighted by Gasteiger charge is -2.23. The summed E-state index contributed by atoms with van der Waals surface area (Å²) in [6.07, 6.45) is 0.957. The first-order valence-corrected chi connectivity index (χ1v) is 7.38. The SMILES string of the molecule is CCCNC(=O)CN1CCOCc2cc(Br)ccc21. The lowest BCUT2D eigenvalue weighted by Crippen LogP contribution is -2.38. The highest BCUT2D eigenvalue weighted by atomic mass is 79.9. The van der Waals surface area contributed by atoms with E-state index in [0.29, 0.717) is 19.8 Å². The third-order valence-electron chi connectivity index (χ3n) is 3.05. The van der Waals surface area contributed by atoms with E-state index >= 15 is 0 Å². The molecular formula is C14H19BrN2O2. The summed E-state index contributed by atoms with van der Waals surface area (Å²) in [6, 6.07) is 6.10. The second kappa shape index (κ2) is 6.91. The van der Waals surface area contributed by atoms with Crippen molar-refractivity contribution >= 4 is 27.5 Å². The van der Waals surface area contributed by atoms with Gasteiger partial charge in [-0.05, 0) is 24.6 Å². The molecule has 1 amide bonds. The van der Waals surface area contributed by atoms with Gasteiger partial charge in [-0.15, -0.1) is 0 Å². The molecular weight excluding hydrogens is 308 g/mol. The summed E-state index contributed by atoms with van der Waals surface area (Å²) >= 11 is 3.47. The molecule has 1 aromatic rings. The third kappa shape index (κ3) is 3.94. The van der Waals surface area contributed by atoms with Gasteiger partial charge in [-0.3, -0.25) is 4.79 Å². The largest absolute Gasteiger partial charge is 0.375 e. The number of halogens is 1. The summed E-state index contributed by atoms with van der Waals surface area (Å²) in [5.41, 5.74) is 2.21. The second-order valence-corrected chi connectivity index (χ2v) is 5.51. The molecule has 0 saturated heterocycles. The zero-order valence-electron chi connectivity index (χ0n) is 11.1. The van der Waals surface area contributed by atoms with Crippen molar-refractivity contribution in [2.24, 2.45) is 0 Å². The highest BCUT2D eigenvalue weighted by molar-refractivity contribution is 9.10. The lowest BCUT2D eigenvalue weighted by atomic mass is 10.1.